The van der Waals surface area contributed by atoms with Gasteiger partial charge in [0.15, 0.2) is 0 Å². The summed E-state index contributed by atoms with van der Waals surface area (Å²) in [5.41, 5.74) is 1.38. The lowest BCUT2D eigenvalue weighted by atomic mass is 9.86. The Morgan fingerprint density at radius 2 is 1.89 bits per heavy atom. The van der Waals surface area contributed by atoms with Crippen molar-refractivity contribution in [3.8, 4) is 0 Å². The minimum Gasteiger partial charge on any atom is -0.381 e. The van der Waals surface area contributed by atoms with Crippen LogP contribution in [0.25, 0.3) is 0 Å². The van der Waals surface area contributed by atoms with Crippen molar-refractivity contribution in [2.45, 2.75) is 44.2 Å². The van der Waals surface area contributed by atoms with Gasteiger partial charge in [0.1, 0.15) is 5.69 Å². The third-order valence-corrected chi connectivity index (χ3v) is 6.34. The number of aromatic nitrogens is 2. The highest BCUT2D eigenvalue weighted by atomic mass is 16.5. The lowest BCUT2D eigenvalue weighted by molar-refractivity contribution is -0.0151. The molecule has 1 aromatic rings. The number of rotatable bonds is 2. The maximum atomic E-state index is 12.9. The fourth-order valence-corrected chi connectivity index (χ4v) is 4.97. The van der Waals surface area contributed by atoms with Crippen LogP contribution in [0.3, 0.4) is 0 Å². The topological polar surface area (TPSA) is 70.9 Å². The zero-order valence-electron chi connectivity index (χ0n) is 16.5. The SMILES string of the molecule is Cc1cc(C(=O)N2CCC(N3C(=O)N(C)CC34CCOCC4)CC2)n(C)n1. The van der Waals surface area contributed by atoms with E-state index in [1.165, 1.54) is 0 Å². The number of ether oxygens (including phenoxy) is 1. The Labute approximate surface area is 160 Å². The number of piperidine rings is 1. The summed E-state index contributed by atoms with van der Waals surface area (Å²) >= 11 is 0. The zero-order valence-corrected chi connectivity index (χ0v) is 16.5. The van der Waals surface area contributed by atoms with E-state index < -0.39 is 0 Å². The van der Waals surface area contributed by atoms with E-state index in [0.29, 0.717) is 18.8 Å². The third-order valence-electron chi connectivity index (χ3n) is 6.34. The van der Waals surface area contributed by atoms with Gasteiger partial charge < -0.3 is 19.4 Å². The largest absolute Gasteiger partial charge is 0.381 e. The lowest BCUT2D eigenvalue weighted by Gasteiger charge is -2.46. The fourth-order valence-electron chi connectivity index (χ4n) is 4.97. The highest BCUT2D eigenvalue weighted by Gasteiger charge is 2.52. The Hall–Kier alpha value is -2.09. The van der Waals surface area contributed by atoms with Crippen molar-refractivity contribution in [3.63, 3.8) is 0 Å². The van der Waals surface area contributed by atoms with Crippen molar-refractivity contribution in [1.29, 1.82) is 0 Å². The van der Waals surface area contributed by atoms with Gasteiger partial charge in [-0.05, 0) is 38.7 Å². The molecule has 0 N–H and O–H groups in total. The number of aryl methyl sites for hydroxylation is 2. The van der Waals surface area contributed by atoms with E-state index in [0.717, 1.165) is 51.1 Å². The van der Waals surface area contributed by atoms with Gasteiger partial charge in [0.05, 0.1) is 11.2 Å². The number of carbonyl (C=O) groups excluding carboxylic acids is 2. The molecule has 4 heterocycles. The van der Waals surface area contributed by atoms with Crippen LogP contribution in [0, 0.1) is 6.92 Å². The molecular formula is C19H29N5O3. The maximum Gasteiger partial charge on any atom is 0.320 e. The molecule has 1 aromatic heterocycles. The molecule has 3 fully saturated rings. The van der Waals surface area contributed by atoms with Crippen LogP contribution in [-0.4, -0.2) is 87.9 Å². The van der Waals surface area contributed by atoms with E-state index in [1.807, 2.05) is 29.8 Å². The summed E-state index contributed by atoms with van der Waals surface area (Å²) < 4.78 is 7.21. The van der Waals surface area contributed by atoms with Crippen molar-refractivity contribution in [3.05, 3.63) is 17.5 Å². The fraction of sp³-hybridized carbons (Fsp3) is 0.737. The molecule has 0 aliphatic carbocycles. The van der Waals surface area contributed by atoms with E-state index in [4.69, 9.17) is 4.74 Å². The van der Waals surface area contributed by atoms with Gasteiger partial charge in [0.2, 0.25) is 0 Å². The van der Waals surface area contributed by atoms with Gasteiger partial charge >= 0.3 is 6.03 Å². The summed E-state index contributed by atoms with van der Waals surface area (Å²) in [5, 5.41) is 4.28. The molecule has 148 valence electrons. The molecule has 8 heteroatoms. The average Bonchev–Trinajstić information content (AvgIpc) is 3.11. The van der Waals surface area contributed by atoms with Gasteiger partial charge in [-0.25, -0.2) is 4.79 Å². The Morgan fingerprint density at radius 1 is 1.22 bits per heavy atom. The molecule has 3 aliphatic rings. The van der Waals surface area contributed by atoms with Crippen LogP contribution in [0.2, 0.25) is 0 Å². The smallest absolute Gasteiger partial charge is 0.320 e. The quantitative estimate of drug-likeness (QED) is 0.780. The van der Waals surface area contributed by atoms with Crippen molar-refractivity contribution in [2.24, 2.45) is 7.05 Å². The van der Waals surface area contributed by atoms with Crippen LogP contribution in [0.1, 0.15) is 41.9 Å². The number of likely N-dealkylation sites (N-methyl/N-ethyl adjacent to an activating group) is 1. The maximum absolute atomic E-state index is 12.9. The van der Waals surface area contributed by atoms with Gasteiger partial charge in [0.25, 0.3) is 5.91 Å². The van der Waals surface area contributed by atoms with Crippen molar-refractivity contribution >= 4 is 11.9 Å². The van der Waals surface area contributed by atoms with Gasteiger partial charge in [-0.3, -0.25) is 9.48 Å². The van der Waals surface area contributed by atoms with E-state index in [2.05, 4.69) is 10.00 Å². The number of urea groups is 1. The molecule has 0 radical (unpaired) electrons. The summed E-state index contributed by atoms with van der Waals surface area (Å²) in [6, 6.07) is 2.16. The first-order chi connectivity index (χ1) is 12.9. The number of carbonyl (C=O) groups is 2. The third kappa shape index (κ3) is 3.09. The lowest BCUT2D eigenvalue weighted by Crippen LogP contribution is -2.57. The van der Waals surface area contributed by atoms with Crippen LogP contribution < -0.4 is 0 Å². The molecule has 0 unspecified atom stereocenters. The van der Waals surface area contributed by atoms with Gasteiger partial charge in [-0.15, -0.1) is 0 Å². The molecule has 4 rings (SSSR count). The molecule has 1 spiro atoms. The molecule has 0 saturated carbocycles. The predicted octanol–water partition coefficient (Wildman–Crippen LogP) is 1.25. The highest BCUT2D eigenvalue weighted by Crippen LogP contribution is 2.38. The van der Waals surface area contributed by atoms with Crippen LogP contribution in [0.5, 0.6) is 0 Å². The van der Waals surface area contributed by atoms with Crippen LogP contribution in [0.4, 0.5) is 4.79 Å². The molecule has 0 aromatic carbocycles. The number of nitrogens with zero attached hydrogens (tertiary/aromatic N) is 5. The second-order valence-corrected chi connectivity index (χ2v) is 8.16. The number of amides is 3. The highest BCUT2D eigenvalue weighted by molar-refractivity contribution is 5.92. The number of likely N-dealkylation sites (tertiary alicyclic amines) is 1. The Bertz CT molecular complexity index is 732. The minimum atomic E-state index is -0.0971. The average molecular weight is 375 g/mol. The van der Waals surface area contributed by atoms with Gasteiger partial charge in [-0.1, -0.05) is 0 Å². The molecular weight excluding hydrogens is 346 g/mol. The minimum absolute atomic E-state index is 0.0298. The van der Waals surface area contributed by atoms with E-state index >= 15 is 0 Å². The van der Waals surface area contributed by atoms with Crippen molar-refractivity contribution in [1.82, 2.24) is 24.5 Å². The summed E-state index contributed by atoms with van der Waals surface area (Å²) in [4.78, 5) is 31.6. The second-order valence-electron chi connectivity index (χ2n) is 8.16. The first-order valence-electron chi connectivity index (χ1n) is 9.83. The molecule has 3 amide bonds. The first kappa shape index (κ1) is 18.3. The molecule has 27 heavy (non-hydrogen) atoms. The van der Waals surface area contributed by atoms with E-state index in [-0.39, 0.29) is 23.5 Å². The monoisotopic (exact) mass is 375 g/mol. The Morgan fingerprint density at radius 3 is 2.48 bits per heavy atom. The second kappa shape index (κ2) is 6.82. The predicted molar refractivity (Wildman–Crippen MR) is 99.5 cm³/mol. The van der Waals surface area contributed by atoms with Crippen molar-refractivity contribution in [2.75, 3.05) is 39.9 Å². The molecule has 8 nitrogen and oxygen atoms in total. The Kier molecular flexibility index (Phi) is 4.61. The summed E-state index contributed by atoms with van der Waals surface area (Å²) in [6.45, 7) is 5.46. The molecule has 3 saturated heterocycles. The normalized spacial score (nSPS) is 23.5. The van der Waals surface area contributed by atoms with Crippen LogP contribution in [0.15, 0.2) is 6.07 Å². The van der Waals surface area contributed by atoms with E-state index in [9.17, 15) is 9.59 Å². The summed E-state index contributed by atoms with van der Waals surface area (Å²) in [6.07, 6.45) is 3.45. The number of hydrogen-bond donors (Lipinski definition) is 0. The van der Waals surface area contributed by atoms with Gasteiger partial charge in [0, 0.05) is 53.0 Å². The van der Waals surface area contributed by atoms with Gasteiger partial charge in [-0.2, -0.15) is 5.10 Å². The summed E-state index contributed by atoms with van der Waals surface area (Å²) in [5.74, 6) is 0.0298. The molecule has 0 atom stereocenters. The molecule has 0 bridgehead atoms. The first-order valence-corrected chi connectivity index (χ1v) is 9.83. The van der Waals surface area contributed by atoms with Crippen molar-refractivity contribution < 1.29 is 14.3 Å². The van der Waals surface area contributed by atoms with Crippen LogP contribution in [-0.2, 0) is 11.8 Å². The molecule has 3 aliphatic heterocycles. The van der Waals surface area contributed by atoms with E-state index in [1.54, 1.807) is 11.7 Å². The Balaban J connectivity index is 1.46. The standard InChI is InChI=1S/C19H29N5O3/c1-14-12-16(22(3)20-14)17(25)23-8-4-15(5-9-23)24-18(26)21(2)13-19(24)6-10-27-11-7-19/h12,15H,4-11,13H2,1-3H3. The zero-order chi connectivity index (χ0) is 19.2. The summed E-state index contributed by atoms with van der Waals surface area (Å²) in [7, 11) is 3.70. The van der Waals surface area contributed by atoms with Crippen LogP contribution >= 0.6 is 0 Å². The number of hydrogen-bond acceptors (Lipinski definition) is 4.